The number of halogens is 1. The summed E-state index contributed by atoms with van der Waals surface area (Å²) in [7, 11) is 0. The first-order valence-corrected chi connectivity index (χ1v) is 7.96. The Morgan fingerprint density at radius 3 is 2.82 bits per heavy atom. The molecule has 1 aromatic heterocycles. The number of hydrogen-bond acceptors (Lipinski definition) is 3. The topological polar surface area (TPSA) is 59.2 Å². The van der Waals surface area contributed by atoms with E-state index < -0.39 is 0 Å². The number of H-pyrrole nitrogens is 1. The molecule has 0 bridgehead atoms. The maximum absolute atomic E-state index is 12.6. The van der Waals surface area contributed by atoms with Gasteiger partial charge in [-0.3, -0.25) is 9.59 Å². The lowest BCUT2D eigenvalue weighted by molar-refractivity contribution is 0.0915. The van der Waals surface area contributed by atoms with Crippen LogP contribution in [0.4, 0.5) is 0 Å². The highest BCUT2D eigenvalue weighted by molar-refractivity contribution is 6.31. The van der Waals surface area contributed by atoms with E-state index in [0.717, 1.165) is 37.3 Å². The predicted octanol–water partition coefficient (Wildman–Crippen LogP) is 2.96. The van der Waals surface area contributed by atoms with Crippen molar-refractivity contribution in [2.24, 2.45) is 11.8 Å². The summed E-state index contributed by atoms with van der Waals surface area (Å²) < 4.78 is 5.44. The molecule has 0 amide bonds. The molecule has 2 atom stereocenters. The molecule has 2 heterocycles. The summed E-state index contributed by atoms with van der Waals surface area (Å²) in [5, 5.41) is 0.990. The summed E-state index contributed by atoms with van der Waals surface area (Å²) in [5.41, 5.74) is 1.64. The van der Waals surface area contributed by atoms with Crippen LogP contribution < -0.4 is 5.43 Å². The first kappa shape index (κ1) is 14.0. The van der Waals surface area contributed by atoms with Crippen LogP contribution in [0, 0.1) is 11.8 Å². The van der Waals surface area contributed by atoms with Gasteiger partial charge in [-0.15, -0.1) is 0 Å². The van der Waals surface area contributed by atoms with E-state index in [4.69, 9.17) is 16.3 Å². The van der Waals surface area contributed by atoms with Crippen LogP contribution in [0.2, 0.25) is 5.02 Å². The highest BCUT2D eigenvalue weighted by Gasteiger charge is 2.34. The molecule has 2 aliphatic rings. The van der Waals surface area contributed by atoms with E-state index >= 15 is 0 Å². The van der Waals surface area contributed by atoms with Crippen molar-refractivity contribution >= 4 is 28.3 Å². The van der Waals surface area contributed by atoms with E-state index in [9.17, 15) is 9.59 Å². The minimum Gasteiger partial charge on any atom is -0.381 e. The van der Waals surface area contributed by atoms with E-state index in [1.807, 2.05) is 0 Å². The van der Waals surface area contributed by atoms with Crippen molar-refractivity contribution < 1.29 is 9.53 Å². The van der Waals surface area contributed by atoms with Crippen LogP contribution in [-0.4, -0.2) is 24.0 Å². The third-order valence-corrected chi connectivity index (χ3v) is 5.10. The number of ketones is 1. The summed E-state index contributed by atoms with van der Waals surface area (Å²) in [6.07, 6.45) is 2.18. The maximum Gasteiger partial charge on any atom is 0.200 e. The molecule has 4 nitrogen and oxygen atoms in total. The average molecular weight is 318 g/mol. The van der Waals surface area contributed by atoms with Gasteiger partial charge in [-0.25, -0.2) is 0 Å². The Kier molecular flexibility index (Phi) is 3.31. The predicted molar refractivity (Wildman–Crippen MR) is 84.6 cm³/mol. The summed E-state index contributed by atoms with van der Waals surface area (Å²) >= 11 is 5.97. The van der Waals surface area contributed by atoms with Gasteiger partial charge in [0.15, 0.2) is 5.78 Å². The van der Waals surface area contributed by atoms with E-state index in [2.05, 4.69) is 4.98 Å². The third kappa shape index (κ3) is 2.18. The number of rotatable bonds is 1. The first-order chi connectivity index (χ1) is 10.6. The first-order valence-electron chi connectivity index (χ1n) is 7.59. The Balaban J connectivity index is 1.83. The molecule has 1 aliphatic heterocycles. The molecule has 2 aromatic rings. The van der Waals surface area contributed by atoms with E-state index in [1.165, 1.54) is 0 Å². The SMILES string of the molecule is O=C1CC(C2CCOC2)Cc2[nH]c3ccc(Cl)cc3c(=O)c21. The molecule has 4 rings (SSSR count). The number of Topliss-reactive ketones (excluding diaryl/α,β-unsaturated/α-hetero) is 1. The number of nitrogens with one attached hydrogen (secondary N) is 1. The lowest BCUT2D eigenvalue weighted by Crippen LogP contribution is -2.32. The van der Waals surface area contributed by atoms with Crippen LogP contribution in [0.25, 0.3) is 10.9 Å². The number of pyridine rings is 1. The second-order valence-electron chi connectivity index (χ2n) is 6.21. The second-order valence-corrected chi connectivity index (χ2v) is 6.65. The zero-order valence-electron chi connectivity index (χ0n) is 12.0. The number of aromatic nitrogens is 1. The Hall–Kier alpha value is -1.65. The largest absolute Gasteiger partial charge is 0.381 e. The summed E-state index contributed by atoms with van der Waals surface area (Å²) in [5.74, 6) is 0.630. The lowest BCUT2D eigenvalue weighted by atomic mass is 9.77. The number of carbonyl (C=O) groups excluding carboxylic acids is 1. The molecular weight excluding hydrogens is 302 g/mol. The Labute approximate surface area is 132 Å². The highest BCUT2D eigenvalue weighted by Crippen LogP contribution is 2.33. The summed E-state index contributed by atoms with van der Waals surface area (Å²) in [4.78, 5) is 28.4. The number of aromatic amines is 1. The van der Waals surface area contributed by atoms with Crippen LogP contribution in [0.5, 0.6) is 0 Å². The minimum absolute atomic E-state index is 0.0544. The molecule has 22 heavy (non-hydrogen) atoms. The zero-order chi connectivity index (χ0) is 15.3. The van der Waals surface area contributed by atoms with Crippen LogP contribution in [-0.2, 0) is 11.2 Å². The minimum atomic E-state index is -0.197. The molecule has 0 radical (unpaired) electrons. The van der Waals surface area contributed by atoms with Crippen LogP contribution in [0.15, 0.2) is 23.0 Å². The standard InChI is InChI=1S/C17H16ClNO3/c18-11-1-2-13-12(7-11)17(21)16-14(19-13)5-10(6-15(16)20)9-3-4-22-8-9/h1-2,7,9-10H,3-6,8H2,(H,19,21). The number of ether oxygens (including phenoxy) is 1. The average Bonchev–Trinajstić information content (AvgIpc) is 3.02. The van der Waals surface area contributed by atoms with Crippen molar-refractivity contribution in [3.8, 4) is 0 Å². The van der Waals surface area contributed by atoms with Crippen molar-refractivity contribution in [1.82, 2.24) is 4.98 Å². The third-order valence-electron chi connectivity index (χ3n) is 4.86. The Morgan fingerprint density at radius 2 is 2.05 bits per heavy atom. The quantitative estimate of drug-likeness (QED) is 0.879. The van der Waals surface area contributed by atoms with Gasteiger partial charge >= 0.3 is 0 Å². The maximum atomic E-state index is 12.6. The molecule has 1 aliphatic carbocycles. The van der Waals surface area contributed by atoms with Gasteiger partial charge < -0.3 is 9.72 Å². The van der Waals surface area contributed by atoms with Crippen LogP contribution in [0.3, 0.4) is 0 Å². The molecule has 0 spiro atoms. The van der Waals surface area contributed by atoms with Gasteiger partial charge in [0.05, 0.1) is 5.56 Å². The van der Waals surface area contributed by atoms with E-state index in [1.54, 1.807) is 18.2 Å². The molecule has 0 saturated carbocycles. The van der Waals surface area contributed by atoms with Gasteiger partial charge in [0.1, 0.15) is 0 Å². The monoisotopic (exact) mass is 317 g/mol. The highest BCUT2D eigenvalue weighted by atomic mass is 35.5. The fourth-order valence-electron chi connectivity index (χ4n) is 3.69. The number of fused-ring (bicyclic) bond motifs is 2. The molecule has 1 aromatic carbocycles. The molecule has 2 unspecified atom stereocenters. The smallest absolute Gasteiger partial charge is 0.200 e. The van der Waals surface area contributed by atoms with Crippen molar-refractivity contribution in [1.29, 1.82) is 0 Å². The molecule has 1 saturated heterocycles. The van der Waals surface area contributed by atoms with Crippen molar-refractivity contribution in [3.05, 3.63) is 44.7 Å². The fourth-order valence-corrected chi connectivity index (χ4v) is 3.86. The molecule has 1 N–H and O–H groups in total. The van der Waals surface area contributed by atoms with Gasteiger partial charge in [0.2, 0.25) is 5.43 Å². The molecule has 1 fully saturated rings. The lowest BCUT2D eigenvalue weighted by Gasteiger charge is -2.27. The van der Waals surface area contributed by atoms with Crippen LogP contribution in [0.1, 0.15) is 28.9 Å². The van der Waals surface area contributed by atoms with Gasteiger partial charge in [-0.2, -0.15) is 0 Å². The number of benzene rings is 1. The number of hydrogen-bond donors (Lipinski definition) is 1. The van der Waals surface area contributed by atoms with Gasteiger partial charge in [0.25, 0.3) is 0 Å². The summed E-state index contributed by atoms with van der Waals surface area (Å²) in [6, 6.07) is 5.17. The Bertz CT molecular complexity index is 820. The molecular formula is C17H16ClNO3. The van der Waals surface area contributed by atoms with E-state index in [-0.39, 0.29) is 17.1 Å². The van der Waals surface area contributed by atoms with Crippen molar-refractivity contribution in [3.63, 3.8) is 0 Å². The van der Waals surface area contributed by atoms with E-state index in [0.29, 0.717) is 28.3 Å². The summed E-state index contributed by atoms with van der Waals surface area (Å²) in [6.45, 7) is 1.50. The van der Waals surface area contributed by atoms with Crippen LogP contribution >= 0.6 is 11.6 Å². The molecule has 5 heteroatoms. The second kappa shape index (κ2) is 5.21. The molecule has 114 valence electrons. The zero-order valence-corrected chi connectivity index (χ0v) is 12.8. The van der Waals surface area contributed by atoms with Gasteiger partial charge in [-0.1, -0.05) is 11.6 Å². The van der Waals surface area contributed by atoms with Crippen molar-refractivity contribution in [2.45, 2.75) is 19.3 Å². The number of carbonyl (C=O) groups is 1. The normalized spacial score (nSPS) is 24.7. The fraction of sp³-hybridized carbons (Fsp3) is 0.412. The van der Waals surface area contributed by atoms with Gasteiger partial charge in [0, 0.05) is 41.3 Å². The van der Waals surface area contributed by atoms with Crippen molar-refractivity contribution in [2.75, 3.05) is 13.2 Å². The Morgan fingerprint density at radius 1 is 1.18 bits per heavy atom. The van der Waals surface area contributed by atoms with Gasteiger partial charge in [-0.05, 0) is 42.9 Å².